The molecule has 1 aromatic carbocycles. The van der Waals surface area contributed by atoms with E-state index in [0.29, 0.717) is 6.54 Å². The van der Waals surface area contributed by atoms with Crippen LogP contribution in [0.15, 0.2) is 22.7 Å². The van der Waals surface area contributed by atoms with Crippen molar-refractivity contribution in [1.29, 1.82) is 0 Å². The Balaban J connectivity index is 2.47. The number of anilines is 1. The van der Waals surface area contributed by atoms with Crippen LogP contribution in [0.4, 0.5) is 5.69 Å². The fourth-order valence-electron chi connectivity index (χ4n) is 2.45. The van der Waals surface area contributed by atoms with Crippen molar-refractivity contribution in [2.24, 2.45) is 0 Å². The van der Waals surface area contributed by atoms with Gasteiger partial charge in [-0.05, 0) is 57.5 Å². The summed E-state index contributed by atoms with van der Waals surface area (Å²) in [6, 6.07) is 6.06. The lowest BCUT2D eigenvalue weighted by Crippen LogP contribution is -2.48. The van der Waals surface area contributed by atoms with Crippen molar-refractivity contribution in [3.8, 4) is 0 Å². The number of hydrogen-bond donors (Lipinski definition) is 1. The van der Waals surface area contributed by atoms with Crippen LogP contribution in [0.25, 0.3) is 0 Å². The molecule has 18 heavy (non-hydrogen) atoms. The fraction of sp³-hybridized carbons (Fsp3) is 0.500. The highest BCUT2D eigenvalue weighted by atomic mass is 79.9. The number of amides is 1. The van der Waals surface area contributed by atoms with E-state index in [9.17, 15) is 4.79 Å². The fourth-order valence-corrected chi connectivity index (χ4v) is 2.92. The van der Waals surface area contributed by atoms with E-state index in [4.69, 9.17) is 0 Å². The summed E-state index contributed by atoms with van der Waals surface area (Å²) in [7, 11) is 0. The van der Waals surface area contributed by atoms with Gasteiger partial charge in [-0.3, -0.25) is 4.79 Å². The van der Waals surface area contributed by atoms with Crippen LogP contribution in [0, 0.1) is 6.92 Å². The molecule has 98 valence electrons. The summed E-state index contributed by atoms with van der Waals surface area (Å²) in [5.74, 6) is 0.142. The van der Waals surface area contributed by atoms with Gasteiger partial charge in [-0.2, -0.15) is 0 Å². The van der Waals surface area contributed by atoms with E-state index in [1.165, 1.54) is 0 Å². The van der Waals surface area contributed by atoms with Crippen LogP contribution in [0.5, 0.6) is 0 Å². The molecule has 0 radical (unpaired) electrons. The number of carbonyl (C=O) groups is 1. The highest BCUT2D eigenvalue weighted by Crippen LogP contribution is 2.32. The molecule has 1 fully saturated rings. The van der Waals surface area contributed by atoms with E-state index >= 15 is 0 Å². The minimum atomic E-state index is -0.154. The van der Waals surface area contributed by atoms with Gasteiger partial charge in [-0.15, -0.1) is 0 Å². The maximum absolute atomic E-state index is 12.3. The molecule has 3 nitrogen and oxygen atoms in total. The lowest BCUT2D eigenvalue weighted by molar-refractivity contribution is -0.118. The third-order valence-corrected chi connectivity index (χ3v) is 3.94. The number of aryl methyl sites for hydroxylation is 1. The average Bonchev–Trinajstić information content (AvgIpc) is 2.39. The van der Waals surface area contributed by atoms with Gasteiger partial charge in [0.15, 0.2) is 0 Å². The summed E-state index contributed by atoms with van der Waals surface area (Å²) < 4.78 is 1.04. The molecule has 2 rings (SSSR count). The van der Waals surface area contributed by atoms with Crippen molar-refractivity contribution in [2.45, 2.75) is 32.7 Å². The van der Waals surface area contributed by atoms with E-state index in [1.54, 1.807) is 0 Å². The summed E-state index contributed by atoms with van der Waals surface area (Å²) >= 11 is 3.46. The Morgan fingerprint density at radius 2 is 2.11 bits per heavy atom. The maximum Gasteiger partial charge on any atom is 0.241 e. The number of halogens is 1. The molecule has 0 aromatic heterocycles. The zero-order chi connectivity index (χ0) is 13.3. The molecule has 1 heterocycles. The molecule has 0 aliphatic carbocycles. The molecule has 0 spiro atoms. The van der Waals surface area contributed by atoms with Crippen LogP contribution in [0.3, 0.4) is 0 Å². The molecule has 1 aliphatic rings. The topological polar surface area (TPSA) is 32.3 Å². The first kappa shape index (κ1) is 13.6. The first-order chi connectivity index (χ1) is 8.42. The minimum absolute atomic E-state index is 0.142. The van der Waals surface area contributed by atoms with Crippen molar-refractivity contribution < 1.29 is 4.79 Å². The van der Waals surface area contributed by atoms with Crippen molar-refractivity contribution in [3.05, 3.63) is 28.2 Å². The molecule has 1 aliphatic heterocycles. The van der Waals surface area contributed by atoms with Gasteiger partial charge >= 0.3 is 0 Å². The van der Waals surface area contributed by atoms with Crippen molar-refractivity contribution in [1.82, 2.24) is 5.32 Å². The van der Waals surface area contributed by atoms with E-state index < -0.39 is 0 Å². The Labute approximate surface area is 117 Å². The number of nitrogens with one attached hydrogen (secondary N) is 1. The van der Waals surface area contributed by atoms with E-state index in [-0.39, 0.29) is 11.4 Å². The van der Waals surface area contributed by atoms with Crippen LogP contribution in [-0.4, -0.2) is 24.5 Å². The van der Waals surface area contributed by atoms with E-state index in [0.717, 1.165) is 28.7 Å². The summed E-state index contributed by atoms with van der Waals surface area (Å²) in [6.07, 6.45) is 0.953. The van der Waals surface area contributed by atoms with Gasteiger partial charge in [0.1, 0.15) is 0 Å². The summed E-state index contributed by atoms with van der Waals surface area (Å²) in [5.41, 5.74) is 1.98. The Morgan fingerprint density at radius 1 is 1.39 bits per heavy atom. The zero-order valence-corrected chi connectivity index (χ0v) is 12.7. The second-order valence-corrected chi connectivity index (χ2v) is 6.31. The summed E-state index contributed by atoms with van der Waals surface area (Å²) in [4.78, 5) is 14.3. The molecule has 0 atom stereocenters. The van der Waals surface area contributed by atoms with Gasteiger partial charge in [-0.25, -0.2) is 0 Å². The Morgan fingerprint density at radius 3 is 2.78 bits per heavy atom. The van der Waals surface area contributed by atoms with E-state index in [2.05, 4.69) is 41.2 Å². The number of carbonyl (C=O) groups excluding carboxylic acids is 1. The summed E-state index contributed by atoms with van der Waals surface area (Å²) in [6.45, 7) is 7.59. The highest BCUT2D eigenvalue weighted by Gasteiger charge is 2.34. The number of benzene rings is 1. The maximum atomic E-state index is 12.3. The van der Waals surface area contributed by atoms with Gasteiger partial charge in [-0.1, -0.05) is 15.9 Å². The van der Waals surface area contributed by atoms with Crippen LogP contribution < -0.4 is 10.2 Å². The normalized spacial score (nSPS) is 19.8. The lowest BCUT2D eigenvalue weighted by Gasteiger charge is -2.37. The Kier molecular flexibility index (Phi) is 3.78. The zero-order valence-electron chi connectivity index (χ0n) is 11.1. The van der Waals surface area contributed by atoms with Crippen LogP contribution in [0.2, 0.25) is 0 Å². The van der Waals surface area contributed by atoms with Crippen LogP contribution in [0.1, 0.15) is 25.8 Å². The third kappa shape index (κ3) is 2.59. The molecule has 1 saturated heterocycles. The van der Waals surface area contributed by atoms with Gasteiger partial charge in [0.05, 0.1) is 6.54 Å². The quantitative estimate of drug-likeness (QED) is 0.865. The average molecular weight is 311 g/mol. The van der Waals surface area contributed by atoms with E-state index in [1.807, 2.05) is 24.0 Å². The first-order valence-corrected chi connectivity index (χ1v) is 7.01. The molecule has 1 N–H and O–H groups in total. The van der Waals surface area contributed by atoms with Gasteiger partial charge in [0.2, 0.25) is 5.91 Å². The highest BCUT2D eigenvalue weighted by molar-refractivity contribution is 9.10. The van der Waals surface area contributed by atoms with Crippen molar-refractivity contribution in [3.63, 3.8) is 0 Å². The SMILES string of the molecule is Cc1cc(Br)ccc1N1C(=O)CNCCC1(C)C. The molecular weight excluding hydrogens is 292 g/mol. The monoisotopic (exact) mass is 310 g/mol. The molecular formula is C14H19BrN2O. The van der Waals surface area contributed by atoms with Crippen LogP contribution in [-0.2, 0) is 4.79 Å². The Bertz CT molecular complexity index is 471. The smallest absolute Gasteiger partial charge is 0.241 e. The van der Waals surface area contributed by atoms with Crippen LogP contribution >= 0.6 is 15.9 Å². The molecule has 0 bridgehead atoms. The first-order valence-electron chi connectivity index (χ1n) is 6.22. The molecule has 0 saturated carbocycles. The minimum Gasteiger partial charge on any atom is -0.308 e. The third-order valence-electron chi connectivity index (χ3n) is 3.44. The molecule has 1 amide bonds. The van der Waals surface area contributed by atoms with Gasteiger partial charge < -0.3 is 10.2 Å². The number of nitrogens with zero attached hydrogens (tertiary/aromatic N) is 1. The predicted octanol–water partition coefficient (Wildman–Crippen LogP) is 2.86. The Hall–Kier alpha value is -0.870. The number of hydrogen-bond acceptors (Lipinski definition) is 2. The van der Waals surface area contributed by atoms with Gasteiger partial charge in [0, 0.05) is 15.7 Å². The summed E-state index contributed by atoms with van der Waals surface area (Å²) in [5, 5.41) is 3.18. The second-order valence-electron chi connectivity index (χ2n) is 5.40. The molecule has 0 unspecified atom stereocenters. The molecule has 4 heteroatoms. The largest absolute Gasteiger partial charge is 0.308 e. The van der Waals surface area contributed by atoms with Crippen molar-refractivity contribution in [2.75, 3.05) is 18.0 Å². The van der Waals surface area contributed by atoms with Crippen molar-refractivity contribution >= 4 is 27.5 Å². The standard InChI is InChI=1S/C14H19BrN2O/c1-10-8-11(15)4-5-12(10)17-13(18)9-16-7-6-14(17,2)3/h4-5,8,16H,6-7,9H2,1-3H3. The second kappa shape index (κ2) is 5.02. The predicted molar refractivity (Wildman–Crippen MR) is 77.9 cm³/mol. The van der Waals surface area contributed by atoms with Gasteiger partial charge in [0.25, 0.3) is 0 Å². The number of rotatable bonds is 1. The molecule has 1 aromatic rings. The lowest BCUT2D eigenvalue weighted by atomic mass is 9.96.